The minimum absolute atomic E-state index is 0.00518. The van der Waals surface area contributed by atoms with Crippen LogP contribution >= 0.6 is 11.3 Å². The number of hydrogen-bond acceptors (Lipinski definition) is 7. The Morgan fingerprint density at radius 3 is 2.57 bits per heavy atom. The van der Waals surface area contributed by atoms with E-state index in [-0.39, 0.29) is 41.9 Å². The number of pyridine rings is 1. The number of benzene rings is 1. The number of piperidine rings is 1. The van der Waals surface area contributed by atoms with Crippen LogP contribution in [0.15, 0.2) is 54.2 Å². The van der Waals surface area contributed by atoms with Crippen LogP contribution in [0.4, 0.5) is 24.0 Å². The maximum atomic E-state index is 15.4. The van der Waals surface area contributed by atoms with Gasteiger partial charge in [-0.1, -0.05) is 0 Å². The lowest BCUT2D eigenvalue weighted by atomic mass is 10.1. The first-order valence-corrected chi connectivity index (χ1v) is 15.3. The molecule has 5 heterocycles. The SMILES string of the molecule is CC(=O)N1CCC(Oc2cc(F)c(N3CCC[C@@H]3c3csc(NC(=O)c4cccn4Cc4ccnc(F)c4)n3)c(F)c2)CC1. The molecule has 1 atom stereocenters. The van der Waals surface area contributed by atoms with Gasteiger partial charge in [0.15, 0.2) is 16.8 Å². The number of carbonyl (C=O) groups excluding carboxylic acids is 2. The number of likely N-dealkylation sites (tertiary alicyclic amines) is 1. The predicted octanol–water partition coefficient (Wildman–Crippen LogP) is 5.79. The molecule has 2 aliphatic heterocycles. The van der Waals surface area contributed by atoms with Gasteiger partial charge in [0.25, 0.3) is 5.91 Å². The lowest BCUT2D eigenvalue weighted by molar-refractivity contribution is -0.130. The van der Waals surface area contributed by atoms with Crippen molar-refractivity contribution in [2.75, 3.05) is 29.9 Å². The minimum Gasteiger partial charge on any atom is -0.490 e. The molecule has 0 aliphatic carbocycles. The maximum Gasteiger partial charge on any atom is 0.274 e. The van der Waals surface area contributed by atoms with E-state index in [1.165, 1.54) is 42.7 Å². The van der Waals surface area contributed by atoms with E-state index in [0.717, 1.165) is 6.42 Å². The summed E-state index contributed by atoms with van der Waals surface area (Å²) in [6.45, 7) is 3.36. The average molecular weight is 625 g/mol. The molecule has 0 bridgehead atoms. The number of carbonyl (C=O) groups is 2. The van der Waals surface area contributed by atoms with Crippen LogP contribution in [0.25, 0.3) is 0 Å². The van der Waals surface area contributed by atoms with Crippen molar-refractivity contribution in [2.24, 2.45) is 0 Å². The van der Waals surface area contributed by atoms with Crippen LogP contribution in [0, 0.1) is 17.6 Å². The van der Waals surface area contributed by atoms with E-state index in [2.05, 4.69) is 15.3 Å². The first-order valence-electron chi connectivity index (χ1n) is 14.5. The summed E-state index contributed by atoms with van der Waals surface area (Å²) in [6, 6.07) is 8.45. The third-order valence-electron chi connectivity index (χ3n) is 8.01. The van der Waals surface area contributed by atoms with Gasteiger partial charge in [-0.3, -0.25) is 14.9 Å². The molecule has 2 amide bonds. The highest BCUT2D eigenvalue weighted by Crippen LogP contribution is 2.41. The second-order valence-electron chi connectivity index (χ2n) is 11.0. The Bertz CT molecular complexity index is 1650. The summed E-state index contributed by atoms with van der Waals surface area (Å²) in [7, 11) is 0. The lowest BCUT2D eigenvalue weighted by Crippen LogP contribution is -2.40. The number of halogens is 3. The van der Waals surface area contributed by atoms with Crippen LogP contribution in [0.2, 0.25) is 0 Å². The van der Waals surface area contributed by atoms with Gasteiger partial charge in [-0.2, -0.15) is 4.39 Å². The second-order valence-corrected chi connectivity index (χ2v) is 11.8. The van der Waals surface area contributed by atoms with E-state index in [4.69, 9.17) is 4.74 Å². The molecule has 6 rings (SSSR count). The summed E-state index contributed by atoms with van der Waals surface area (Å²) in [6.07, 6.45) is 5.44. The van der Waals surface area contributed by atoms with Gasteiger partial charge in [0, 0.05) is 75.9 Å². The highest BCUT2D eigenvalue weighted by atomic mass is 32.1. The average Bonchev–Trinajstić information content (AvgIpc) is 3.75. The van der Waals surface area contributed by atoms with Crippen molar-refractivity contribution in [3.05, 3.63) is 88.7 Å². The van der Waals surface area contributed by atoms with Crippen LogP contribution in [-0.4, -0.2) is 57.0 Å². The summed E-state index contributed by atoms with van der Waals surface area (Å²) < 4.78 is 51.9. The molecule has 1 aromatic carbocycles. The Hall–Kier alpha value is -4.39. The van der Waals surface area contributed by atoms with Gasteiger partial charge < -0.3 is 19.1 Å². The van der Waals surface area contributed by atoms with E-state index in [1.54, 1.807) is 44.1 Å². The fourth-order valence-corrected chi connectivity index (χ4v) is 6.61. The molecule has 9 nitrogen and oxygen atoms in total. The zero-order chi connectivity index (χ0) is 30.8. The summed E-state index contributed by atoms with van der Waals surface area (Å²) in [5, 5.41) is 4.97. The molecule has 44 heavy (non-hydrogen) atoms. The van der Waals surface area contributed by atoms with Gasteiger partial charge >= 0.3 is 0 Å². The van der Waals surface area contributed by atoms with Crippen molar-refractivity contribution >= 4 is 34.0 Å². The van der Waals surface area contributed by atoms with Crippen LogP contribution < -0.4 is 15.0 Å². The van der Waals surface area contributed by atoms with Gasteiger partial charge in [-0.25, -0.2) is 18.7 Å². The van der Waals surface area contributed by atoms with Crippen molar-refractivity contribution < 1.29 is 27.5 Å². The first-order chi connectivity index (χ1) is 21.2. The molecule has 2 saturated heterocycles. The topological polar surface area (TPSA) is 92.6 Å². The number of amides is 2. The number of aromatic nitrogens is 3. The standard InChI is InChI=1S/C31H31F3N6O3S/c1-19(41)38-12-7-21(8-13-38)43-22-15-23(32)29(24(33)16-22)40-11-3-4-26(40)25-18-44-31(36-25)37-30(42)27-5-2-10-39(27)17-20-6-9-35-28(34)14-20/h2,5-6,9-10,14-16,18,21,26H,3-4,7-8,11-13,17H2,1H3,(H,36,37,42)/t26-/m1/s1. The fourth-order valence-electron chi connectivity index (χ4n) is 5.86. The second kappa shape index (κ2) is 12.7. The van der Waals surface area contributed by atoms with Gasteiger partial charge in [-0.05, 0) is 42.7 Å². The molecule has 1 N–H and O–H groups in total. The number of rotatable bonds is 8. The molecule has 0 spiro atoms. The quantitative estimate of drug-likeness (QED) is 0.250. The Balaban J connectivity index is 1.12. The van der Waals surface area contributed by atoms with Gasteiger partial charge in [0.2, 0.25) is 11.9 Å². The summed E-state index contributed by atoms with van der Waals surface area (Å²) in [4.78, 5) is 36.2. The monoisotopic (exact) mass is 624 g/mol. The third-order valence-corrected chi connectivity index (χ3v) is 8.79. The van der Waals surface area contributed by atoms with Gasteiger partial charge in [0.05, 0.1) is 11.7 Å². The molecule has 0 radical (unpaired) electrons. The van der Waals surface area contributed by atoms with E-state index >= 15 is 8.78 Å². The smallest absolute Gasteiger partial charge is 0.274 e. The summed E-state index contributed by atoms with van der Waals surface area (Å²) >= 11 is 1.23. The Morgan fingerprint density at radius 1 is 1.07 bits per heavy atom. The number of hydrogen-bond donors (Lipinski definition) is 1. The first kappa shape index (κ1) is 29.7. The minimum atomic E-state index is -0.716. The normalized spacial score (nSPS) is 17.2. The Labute approximate surface area is 256 Å². The fraction of sp³-hybridized carbons (Fsp3) is 0.355. The van der Waals surface area contributed by atoms with Crippen molar-refractivity contribution in [1.29, 1.82) is 0 Å². The molecule has 13 heteroatoms. The van der Waals surface area contributed by atoms with E-state index in [1.807, 2.05) is 0 Å². The molecule has 0 unspecified atom stereocenters. The Morgan fingerprint density at radius 2 is 1.84 bits per heavy atom. The molecule has 0 saturated carbocycles. The molecular weight excluding hydrogens is 593 g/mol. The number of nitrogens with zero attached hydrogens (tertiary/aromatic N) is 5. The molecular formula is C31H31F3N6O3S. The van der Waals surface area contributed by atoms with E-state index in [0.29, 0.717) is 61.0 Å². The molecule has 2 aliphatic rings. The highest BCUT2D eigenvalue weighted by molar-refractivity contribution is 7.14. The number of ether oxygens (including phenoxy) is 1. The number of anilines is 2. The van der Waals surface area contributed by atoms with Gasteiger partial charge in [-0.15, -0.1) is 11.3 Å². The van der Waals surface area contributed by atoms with Crippen LogP contribution in [0.1, 0.15) is 60.4 Å². The van der Waals surface area contributed by atoms with Crippen molar-refractivity contribution in [3.8, 4) is 5.75 Å². The third kappa shape index (κ3) is 6.42. The van der Waals surface area contributed by atoms with Crippen molar-refractivity contribution in [1.82, 2.24) is 19.4 Å². The molecule has 3 aromatic heterocycles. The zero-order valence-corrected chi connectivity index (χ0v) is 24.8. The van der Waals surface area contributed by atoms with E-state index in [9.17, 15) is 14.0 Å². The van der Waals surface area contributed by atoms with Gasteiger partial charge in [0.1, 0.15) is 23.2 Å². The van der Waals surface area contributed by atoms with Crippen LogP contribution in [0.5, 0.6) is 5.75 Å². The Kier molecular flexibility index (Phi) is 8.56. The van der Waals surface area contributed by atoms with Crippen LogP contribution in [0.3, 0.4) is 0 Å². The van der Waals surface area contributed by atoms with E-state index < -0.39 is 17.6 Å². The zero-order valence-electron chi connectivity index (χ0n) is 24.0. The summed E-state index contributed by atoms with van der Waals surface area (Å²) in [5.41, 5.74) is 1.52. The molecule has 230 valence electrons. The maximum absolute atomic E-state index is 15.4. The number of thiazole rings is 1. The molecule has 2 fully saturated rings. The van der Waals surface area contributed by atoms with Crippen molar-refractivity contribution in [3.63, 3.8) is 0 Å². The lowest BCUT2D eigenvalue weighted by Gasteiger charge is -2.32. The highest BCUT2D eigenvalue weighted by Gasteiger charge is 2.33. The largest absolute Gasteiger partial charge is 0.490 e. The molecule has 4 aromatic rings. The predicted molar refractivity (Wildman–Crippen MR) is 159 cm³/mol. The number of nitrogens with one attached hydrogen (secondary N) is 1. The summed E-state index contributed by atoms with van der Waals surface area (Å²) in [5.74, 6) is -2.28. The van der Waals surface area contributed by atoms with Crippen LogP contribution in [-0.2, 0) is 11.3 Å². The van der Waals surface area contributed by atoms with Crippen molar-refractivity contribution in [2.45, 2.75) is 51.3 Å².